The van der Waals surface area contributed by atoms with Gasteiger partial charge in [0.15, 0.2) is 0 Å². The zero-order valence-corrected chi connectivity index (χ0v) is 17.6. The number of H-pyrrole nitrogens is 3. The predicted molar refractivity (Wildman–Crippen MR) is 122 cm³/mol. The molecule has 0 bridgehead atoms. The molecule has 3 aromatic rings. The Morgan fingerprint density at radius 1 is 1.00 bits per heavy atom. The summed E-state index contributed by atoms with van der Waals surface area (Å²) in [6.07, 6.45) is 11.5. The highest BCUT2D eigenvalue weighted by atomic mass is 16.1. The minimum Gasteiger partial charge on any atom is -0.348 e. The molecule has 0 spiro atoms. The Balaban J connectivity index is 1.87. The van der Waals surface area contributed by atoms with Crippen LogP contribution in [0.5, 0.6) is 0 Å². The summed E-state index contributed by atoms with van der Waals surface area (Å²) in [4.78, 5) is 37.3. The van der Waals surface area contributed by atoms with Gasteiger partial charge in [-0.3, -0.25) is 9.59 Å². The highest BCUT2D eigenvalue weighted by Gasteiger charge is 2.18. The first-order valence-corrected chi connectivity index (χ1v) is 9.71. The number of nitriles is 1. The van der Waals surface area contributed by atoms with Crippen molar-refractivity contribution in [3.05, 3.63) is 96.7 Å². The summed E-state index contributed by atoms with van der Waals surface area (Å²) in [5.74, 6) is 0. The molecule has 31 heavy (non-hydrogen) atoms. The van der Waals surface area contributed by atoms with Crippen molar-refractivity contribution in [3.8, 4) is 6.07 Å². The lowest BCUT2D eigenvalue weighted by atomic mass is 9.90. The fourth-order valence-corrected chi connectivity index (χ4v) is 2.96. The first-order chi connectivity index (χ1) is 14.8. The summed E-state index contributed by atoms with van der Waals surface area (Å²) >= 11 is 0. The Labute approximate surface area is 178 Å². The van der Waals surface area contributed by atoms with Crippen molar-refractivity contribution in [2.24, 2.45) is 0 Å². The maximum Gasteiger partial charge on any atom is 0.272 e. The Bertz CT molecular complexity index is 1420. The van der Waals surface area contributed by atoms with Crippen molar-refractivity contribution in [2.75, 3.05) is 0 Å². The number of rotatable bonds is 4. The van der Waals surface area contributed by atoms with Crippen molar-refractivity contribution >= 4 is 24.3 Å². The minimum atomic E-state index is -0.412. The van der Waals surface area contributed by atoms with Gasteiger partial charge in [-0.1, -0.05) is 51.1 Å². The van der Waals surface area contributed by atoms with Crippen molar-refractivity contribution < 1.29 is 0 Å². The van der Waals surface area contributed by atoms with Crippen LogP contribution in [0.3, 0.4) is 0 Å². The maximum absolute atomic E-state index is 12.3. The second-order valence-corrected chi connectivity index (χ2v) is 7.94. The lowest BCUT2D eigenvalue weighted by Gasteiger charge is -2.16. The van der Waals surface area contributed by atoms with Crippen LogP contribution in [0.4, 0.5) is 0 Å². The largest absolute Gasteiger partial charge is 0.348 e. The molecule has 156 valence electrons. The van der Waals surface area contributed by atoms with E-state index in [1.807, 2.05) is 6.07 Å². The summed E-state index contributed by atoms with van der Waals surface area (Å²) in [5.41, 5.74) is 2.21. The van der Waals surface area contributed by atoms with E-state index in [4.69, 9.17) is 5.26 Å². The highest BCUT2D eigenvalue weighted by Crippen LogP contribution is 2.23. The Morgan fingerprint density at radius 2 is 1.65 bits per heavy atom. The topological polar surface area (TPSA) is 118 Å². The summed E-state index contributed by atoms with van der Waals surface area (Å²) in [5, 5.41) is 9.23. The lowest BCUT2D eigenvalue weighted by molar-refractivity contribution is 0.571. The molecule has 0 amide bonds. The van der Waals surface area contributed by atoms with Crippen LogP contribution in [0.25, 0.3) is 24.3 Å². The van der Waals surface area contributed by atoms with Gasteiger partial charge in [0.05, 0.1) is 23.7 Å². The van der Waals surface area contributed by atoms with Crippen LogP contribution >= 0.6 is 0 Å². The van der Waals surface area contributed by atoms with Gasteiger partial charge < -0.3 is 15.0 Å². The predicted octanol–water partition coefficient (Wildman–Crippen LogP) is 1.94. The van der Waals surface area contributed by atoms with Crippen LogP contribution in [0.1, 0.15) is 43.3 Å². The maximum atomic E-state index is 12.3. The van der Waals surface area contributed by atoms with Crippen molar-refractivity contribution in [1.82, 2.24) is 19.9 Å². The molecule has 0 aliphatic carbocycles. The number of aromatic nitrogens is 4. The van der Waals surface area contributed by atoms with Crippen LogP contribution in [0.15, 0.2) is 52.3 Å². The molecular formula is C24H23N5O2. The molecule has 0 saturated heterocycles. The van der Waals surface area contributed by atoms with E-state index in [9.17, 15) is 9.59 Å². The van der Waals surface area contributed by atoms with Crippen molar-refractivity contribution in [1.29, 1.82) is 5.26 Å². The van der Waals surface area contributed by atoms with Gasteiger partial charge in [-0.15, -0.1) is 0 Å². The van der Waals surface area contributed by atoms with Gasteiger partial charge in [0, 0.05) is 11.1 Å². The SMILES string of the molecule is CC(C)(C)c1[nH]cnc1/C=C/C=c1\[nH]c(=O)/c(=C/C=C/c2cccc(C#N)c2)[nH]c1=O. The van der Waals surface area contributed by atoms with Gasteiger partial charge in [0.25, 0.3) is 11.1 Å². The monoisotopic (exact) mass is 413 g/mol. The number of aromatic amines is 3. The van der Waals surface area contributed by atoms with Crippen molar-refractivity contribution in [3.63, 3.8) is 0 Å². The standard InChI is InChI=1S/C24H23N5O2/c1-24(2,3)21-18(26-15-27-21)10-6-12-20-23(31)28-19(22(30)29-20)11-5-8-16-7-4-9-17(13-16)14-25/h4-13,15H,1-3H3,(H,26,27)(H,28,31)(H,29,30)/b8-5+,10-6+,19-11-,20-12-. The third kappa shape index (κ3) is 5.46. The minimum absolute atomic E-state index is 0.0944. The number of nitrogens with one attached hydrogen (secondary N) is 3. The average Bonchev–Trinajstić information content (AvgIpc) is 3.20. The number of nitrogens with zero attached hydrogens (tertiary/aromatic N) is 2. The van der Waals surface area contributed by atoms with Gasteiger partial charge in [-0.2, -0.15) is 5.26 Å². The number of hydrogen-bond acceptors (Lipinski definition) is 4. The van der Waals surface area contributed by atoms with E-state index in [1.165, 1.54) is 12.2 Å². The second kappa shape index (κ2) is 9.09. The molecule has 0 atom stereocenters. The first-order valence-electron chi connectivity index (χ1n) is 9.71. The fraction of sp³-hybridized carbons (Fsp3) is 0.167. The Morgan fingerprint density at radius 3 is 2.26 bits per heavy atom. The summed E-state index contributed by atoms with van der Waals surface area (Å²) in [6.45, 7) is 6.23. The Hall–Kier alpha value is -4.18. The quantitative estimate of drug-likeness (QED) is 0.606. The molecule has 0 fully saturated rings. The van der Waals surface area contributed by atoms with E-state index < -0.39 is 11.1 Å². The molecule has 3 rings (SSSR count). The van der Waals surface area contributed by atoms with E-state index >= 15 is 0 Å². The number of hydrogen-bond donors (Lipinski definition) is 3. The van der Waals surface area contributed by atoms with E-state index in [0.29, 0.717) is 5.56 Å². The van der Waals surface area contributed by atoms with E-state index in [0.717, 1.165) is 17.0 Å². The molecule has 0 aliphatic rings. The zero-order valence-electron chi connectivity index (χ0n) is 17.6. The van der Waals surface area contributed by atoms with Crippen LogP contribution in [0, 0.1) is 11.3 Å². The molecule has 7 heteroatoms. The Kier molecular flexibility index (Phi) is 6.32. The van der Waals surface area contributed by atoms with Gasteiger partial charge in [0.1, 0.15) is 10.7 Å². The molecule has 0 radical (unpaired) electrons. The first kappa shape index (κ1) is 21.5. The van der Waals surface area contributed by atoms with Crippen LogP contribution in [-0.4, -0.2) is 19.9 Å². The third-order valence-electron chi connectivity index (χ3n) is 4.49. The number of benzene rings is 1. The summed E-state index contributed by atoms with van der Waals surface area (Å²) in [7, 11) is 0. The molecule has 2 heterocycles. The summed E-state index contributed by atoms with van der Waals surface area (Å²) in [6, 6.07) is 9.13. The molecule has 0 aliphatic heterocycles. The van der Waals surface area contributed by atoms with Gasteiger partial charge in [-0.05, 0) is 35.9 Å². The van der Waals surface area contributed by atoms with E-state index in [-0.39, 0.29) is 16.1 Å². The average molecular weight is 413 g/mol. The summed E-state index contributed by atoms with van der Waals surface area (Å²) < 4.78 is 0. The normalized spacial score (nSPS) is 13.4. The highest BCUT2D eigenvalue weighted by molar-refractivity contribution is 5.59. The van der Waals surface area contributed by atoms with Crippen LogP contribution in [-0.2, 0) is 5.41 Å². The molecule has 1 aromatic carbocycles. The molecular weight excluding hydrogens is 390 g/mol. The molecule has 0 saturated carbocycles. The van der Waals surface area contributed by atoms with Crippen LogP contribution < -0.4 is 21.8 Å². The smallest absolute Gasteiger partial charge is 0.272 e. The molecule has 0 unspecified atom stereocenters. The van der Waals surface area contributed by atoms with Crippen LogP contribution in [0.2, 0.25) is 0 Å². The molecule has 7 nitrogen and oxygen atoms in total. The zero-order chi connectivity index (χ0) is 22.4. The third-order valence-corrected chi connectivity index (χ3v) is 4.49. The molecule has 2 aromatic heterocycles. The fourth-order valence-electron chi connectivity index (χ4n) is 2.96. The van der Waals surface area contributed by atoms with E-state index in [1.54, 1.807) is 48.8 Å². The molecule has 3 N–H and O–H groups in total. The number of allylic oxidation sites excluding steroid dienone is 2. The van der Waals surface area contributed by atoms with E-state index in [2.05, 4.69) is 46.8 Å². The van der Waals surface area contributed by atoms with Crippen molar-refractivity contribution in [2.45, 2.75) is 26.2 Å². The number of imidazole rings is 1. The van der Waals surface area contributed by atoms with Gasteiger partial charge in [0.2, 0.25) is 0 Å². The second-order valence-electron chi connectivity index (χ2n) is 7.94. The van der Waals surface area contributed by atoms with Gasteiger partial charge >= 0.3 is 0 Å². The lowest BCUT2D eigenvalue weighted by Crippen LogP contribution is -2.46. The van der Waals surface area contributed by atoms with Gasteiger partial charge in [-0.25, -0.2) is 4.98 Å².